The maximum Gasteiger partial charge on any atom is 0.258 e. The van der Waals surface area contributed by atoms with Crippen LogP contribution in [0.15, 0.2) is 53.3 Å². The first-order valence-electron chi connectivity index (χ1n) is 9.18. The number of ether oxygens (including phenoxy) is 1. The topological polar surface area (TPSA) is 106 Å². The number of aromatic amines is 1. The number of para-hydroxylation sites is 2. The van der Waals surface area contributed by atoms with Crippen LogP contribution in [0.5, 0.6) is 0 Å². The van der Waals surface area contributed by atoms with E-state index in [0.717, 1.165) is 11.0 Å². The molecule has 0 saturated heterocycles. The summed E-state index contributed by atoms with van der Waals surface area (Å²) in [6.45, 7) is 0.914. The molecule has 0 fully saturated rings. The normalized spacial score (nSPS) is 11.2. The largest absolute Gasteiger partial charge is 0.383 e. The van der Waals surface area contributed by atoms with Crippen LogP contribution in [0.2, 0.25) is 0 Å². The second kappa shape index (κ2) is 8.19. The monoisotopic (exact) mass is 392 g/mol. The number of rotatable bonds is 7. The number of nitrogens with one attached hydrogen (secondary N) is 1. The van der Waals surface area contributed by atoms with E-state index in [0.29, 0.717) is 29.9 Å². The van der Waals surface area contributed by atoms with Gasteiger partial charge in [-0.05, 0) is 24.3 Å². The fraction of sp³-hybridized carbons (Fsp3) is 0.250. The van der Waals surface area contributed by atoms with Gasteiger partial charge in [-0.15, -0.1) is 5.10 Å². The van der Waals surface area contributed by atoms with Crippen LogP contribution in [0.3, 0.4) is 0 Å². The van der Waals surface area contributed by atoms with E-state index >= 15 is 0 Å². The van der Waals surface area contributed by atoms with E-state index in [-0.39, 0.29) is 24.6 Å². The Balaban J connectivity index is 1.58. The van der Waals surface area contributed by atoms with Crippen LogP contribution in [-0.4, -0.2) is 56.0 Å². The van der Waals surface area contributed by atoms with Gasteiger partial charge in [0.1, 0.15) is 17.9 Å². The van der Waals surface area contributed by atoms with Crippen molar-refractivity contribution in [1.29, 1.82) is 0 Å². The first kappa shape index (κ1) is 18.8. The number of hydrogen-bond donors (Lipinski definition) is 1. The van der Waals surface area contributed by atoms with Crippen molar-refractivity contribution in [1.82, 2.24) is 29.9 Å². The summed E-state index contributed by atoms with van der Waals surface area (Å²) in [7, 11) is 1.57. The summed E-state index contributed by atoms with van der Waals surface area (Å²) in [5.41, 5.74) is 1.87. The average Bonchev–Trinajstić information content (AvgIpc) is 3.14. The van der Waals surface area contributed by atoms with Gasteiger partial charge >= 0.3 is 0 Å². The molecule has 9 nitrogen and oxygen atoms in total. The molecule has 0 aliphatic carbocycles. The molecular formula is C20H20N6O3. The maximum atomic E-state index is 13.0. The molecule has 2 aromatic heterocycles. The third-order valence-corrected chi connectivity index (χ3v) is 4.63. The molecule has 0 aliphatic heterocycles. The van der Waals surface area contributed by atoms with Crippen LogP contribution in [-0.2, 0) is 22.6 Å². The molecule has 2 aromatic carbocycles. The number of methoxy groups -OCH3 is 1. The van der Waals surface area contributed by atoms with Gasteiger partial charge in [0.2, 0.25) is 5.91 Å². The third kappa shape index (κ3) is 3.99. The number of hydrogen-bond acceptors (Lipinski definition) is 6. The van der Waals surface area contributed by atoms with E-state index in [1.54, 1.807) is 34.9 Å². The van der Waals surface area contributed by atoms with Crippen LogP contribution in [0.4, 0.5) is 0 Å². The number of fused-ring (bicyclic) bond motifs is 2. The van der Waals surface area contributed by atoms with Crippen molar-refractivity contribution in [3.63, 3.8) is 0 Å². The van der Waals surface area contributed by atoms with Gasteiger partial charge in [0, 0.05) is 13.7 Å². The first-order valence-corrected chi connectivity index (χ1v) is 9.18. The van der Waals surface area contributed by atoms with Gasteiger partial charge in [-0.3, -0.25) is 9.59 Å². The Hall–Kier alpha value is -3.59. The number of nitrogens with zero attached hydrogens (tertiary/aromatic N) is 5. The molecule has 9 heteroatoms. The maximum absolute atomic E-state index is 13.0. The van der Waals surface area contributed by atoms with Crippen molar-refractivity contribution in [2.45, 2.75) is 13.1 Å². The third-order valence-electron chi connectivity index (χ3n) is 4.63. The Kier molecular flexibility index (Phi) is 5.30. The lowest BCUT2D eigenvalue weighted by atomic mass is 10.2. The average molecular weight is 392 g/mol. The second-order valence-corrected chi connectivity index (χ2v) is 6.57. The lowest BCUT2D eigenvalue weighted by molar-refractivity contribution is -0.133. The summed E-state index contributed by atoms with van der Waals surface area (Å²) in [5.74, 6) is 0.245. The lowest BCUT2D eigenvalue weighted by Gasteiger charge is -2.22. The van der Waals surface area contributed by atoms with Crippen LogP contribution >= 0.6 is 0 Å². The van der Waals surface area contributed by atoms with Crippen LogP contribution in [0.1, 0.15) is 5.82 Å². The highest BCUT2D eigenvalue weighted by Gasteiger charge is 2.18. The van der Waals surface area contributed by atoms with Gasteiger partial charge in [0.15, 0.2) is 0 Å². The number of carbonyl (C=O) groups excluding carboxylic acids is 1. The standard InChI is InChI=1S/C20H20N6O3/c1-29-11-10-25(12-18-21-15-7-3-2-6-14(15)20(28)22-18)19(27)13-26-17-9-5-4-8-16(17)23-24-26/h2-9H,10-13H2,1H3,(H,21,22,28). The summed E-state index contributed by atoms with van der Waals surface area (Å²) >= 11 is 0. The second-order valence-electron chi connectivity index (χ2n) is 6.57. The van der Waals surface area contributed by atoms with E-state index in [1.165, 1.54) is 0 Å². The molecule has 0 spiro atoms. The molecular weight excluding hydrogens is 372 g/mol. The van der Waals surface area contributed by atoms with Crippen LogP contribution in [0, 0.1) is 0 Å². The van der Waals surface area contributed by atoms with Crippen molar-refractivity contribution in [3.05, 3.63) is 64.7 Å². The molecule has 29 heavy (non-hydrogen) atoms. The zero-order chi connectivity index (χ0) is 20.2. The van der Waals surface area contributed by atoms with E-state index in [2.05, 4.69) is 20.3 Å². The quantitative estimate of drug-likeness (QED) is 0.509. The smallest absolute Gasteiger partial charge is 0.258 e. The fourth-order valence-electron chi connectivity index (χ4n) is 3.15. The van der Waals surface area contributed by atoms with Crippen molar-refractivity contribution < 1.29 is 9.53 Å². The van der Waals surface area contributed by atoms with Gasteiger partial charge in [-0.2, -0.15) is 0 Å². The van der Waals surface area contributed by atoms with Gasteiger partial charge in [0.25, 0.3) is 5.56 Å². The van der Waals surface area contributed by atoms with E-state index in [1.807, 2.05) is 30.3 Å². The van der Waals surface area contributed by atoms with Crippen molar-refractivity contribution in [2.24, 2.45) is 0 Å². The minimum absolute atomic E-state index is 0.0298. The predicted octanol–water partition coefficient (Wildman–Crippen LogP) is 1.34. The summed E-state index contributed by atoms with van der Waals surface area (Å²) in [5, 5.41) is 8.67. The van der Waals surface area contributed by atoms with Gasteiger partial charge in [-0.25, -0.2) is 9.67 Å². The molecule has 0 radical (unpaired) electrons. The summed E-state index contributed by atoms with van der Waals surface area (Å²) < 4.78 is 6.70. The Labute approximate surface area is 165 Å². The molecule has 4 aromatic rings. The number of H-pyrrole nitrogens is 1. The number of benzene rings is 2. The Morgan fingerprint density at radius 3 is 2.72 bits per heavy atom. The SMILES string of the molecule is COCCN(Cc1nc2ccccc2c(=O)[nH]1)C(=O)Cn1nnc2ccccc21. The first-order chi connectivity index (χ1) is 14.2. The number of aromatic nitrogens is 5. The number of amides is 1. The zero-order valence-electron chi connectivity index (χ0n) is 15.9. The minimum Gasteiger partial charge on any atom is -0.383 e. The zero-order valence-corrected chi connectivity index (χ0v) is 15.9. The molecule has 148 valence electrons. The number of carbonyl (C=O) groups is 1. The van der Waals surface area contributed by atoms with Gasteiger partial charge < -0.3 is 14.6 Å². The Bertz CT molecular complexity index is 1220. The molecule has 0 unspecified atom stereocenters. The Morgan fingerprint density at radius 1 is 1.14 bits per heavy atom. The molecule has 0 bridgehead atoms. The summed E-state index contributed by atoms with van der Waals surface area (Å²) in [4.78, 5) is 34.1. The van der Waals surface area contributed by atoms with Crippen molar-refractivity contribution in [3.8, 4) is 0 Å². The van der Waals surface area contributed by atoms with Crippen LogP contribution < -0.4 is 5.56 Å². The molecule has 1 N–H and O–H groups in total. The fourth-order valence-corrected chi connectivity index (χ4v) is 3.15. The van der Waals surface area contributed by atoms with Crippen molar-refractivity contribution in [2.75, 3.05) is 20.3 Å². The van der Waals surface area contributed by atoms with Crippen molar-refractivity contribution >= 4 is 27.8 Å². The summed E-state index contributed by atoms with van der Waals surface area (Å²) in [6.07, 6.45) is 0. The molecule has 0 atom stereocenters. The molecule has 0 aliphatic rings. The predicted molar refractivity (Wildman–Crippen MR) is 107 cm³/mol. The van der Waals surface area contributed by atoms with E-state index in [9.17, 15) is 9.59 Å². The molecule has 2 heterocycles. The van der Waals surface area contributed by atoms with E-state index in [4.69, 9.17) is 4.74 Å². The highest BCUT2D eigenvalue weighted by atomic mass is 16.5. The summed E-state index contributed by atoms with van der Waals surface area (Å²) in [6, 6.07) is 14.6. The highest BCUT2D eigenvalue weighted by molar-refractivity contribution is 5.80. The highest BCUT2D eigenvalue weighted by Crippen LogP contribution is 2.11. The van der Waals surface area contributed by atoms with E-state index < -0.39 is 0 Å². The Morgan fingerprint density at radius 2 is 1.90 bits per heavy atom. The van der Waals surface area contributed by atoms with Gasteiger partial charge in [0.05, 0.1) is 29.6 Å². The minimum atomic E-state index is -0.230. The lowest BCUT2D eigenvalue weighted by Crippen LogP contribution is -2.37. The van der Waals surface area contributed by atoms with Crippen LogP contribution in [0.25, 0.3) is 21.9 Å². The molecule has 0 saturated carbocycles. The van der Waals surface area contributed by atoms with Gasteiger partial charge in [-0.1, -0.05) is 29.5 Å². The molecule has 4 rings (SSSR count). The molecule has 1 amide bonds.